The lowest BCUT2D eigenvalue weighted by atomic mass is 9.87. The minimum absolute atomic E-state index is 0.0420. The van der Waals surface area contributed by atoms with Crippen LogP contribution in [0, 0.1) is 12.8 Å². The van der Waals surface area contributed by atoms with Crippen molar-refractivity contribution in [2.45, 2.75) is 38.7 Å². The van der Waals surface area contributed by atoms with E-state index in [1.54, 1.807) is 0 Å². The fourth-order valence-corrected chi connectivity index (χ4v) is 2.34. The van der Waals surface area contributed by atoms with E-state index in [1.807, 2.05) is 25.1 Å². The van der Waals surface area contributed by atoms with Gasteiger partial charge in [-0.05, 0) is 38.7 Å². The largest absolute Gasteiger partial charge is 0.474 e. The molecular weight excluding hydrogens is 230 g/mol. The van der Waals surface area contributed by atoms with E-state index in [0.29, 0.717) is 5.88 Å². The van der Waals surface area contributed by atoms with Gasteiger partial charge in [-0.3, -0.25) is 4.79 Å². The van der Waals surface area contributed by atoms with E-state index in [0.717, 1.165) is 31.4 Å². The lowest BCUT2D eigenvalue weighted by molar-refractivity contribution is -0.147. The van der Waals surface area contributed by atoms with Crippen LogP contribution in [0.4, 0.5) is 0 Å². The summed E-state index contributed by atoms with van der Waals surface area (Å²) in [5.74, 6) is 0.624. The van der Waals surface area contributed by atoms with Crippen LogP contribution in [0.15, 0.2) is 18.2 Å². The Morgan fingerprint density at radius 3 is 2.61 bits per heavy atom. The Bertz CT molecular complexity index is 411. The SMILES string of the molecule is COC(=O)C1CCC(Oc2cccc(C)n2)CC1. The van der Waals surface area contributed by atoms with Gasteiger partial charge >= 0.3 is 5.97 Å². The van der Waals surface area contributed by atoms with Crippen LogP contribution in [0.3, 0.4) is 0 Å². The molecule has 1 aromatic heterocycles. The van der Waals surface area contributed by atoms with Gasteiger partial charge < -0.3 is 9.47 Å². The Morgan fingerprint density at radius 2 is 2.00 bits per heavy atom. The number of aromatic nitrogens is 1. The molecule has 0 aliphatic heterocycles. The fourth-order valence-electron chi connectivity index (χ4n) is 2.34. The van der Waals surface area contributed by atoms with Gasteiger partial charge in [-0.15, -0.1) is 0 Å². The fraction of sp³-hybridized carbons (Fsp3) is 0.571. The highest BCUT2D eigenvalue weighted by atomic mass is 16.5. The molecule has 0 saturated heterocycles. The molecule has 0 unspecified atom stereocenters. The third-order valence-corrected chi connectivity index (χ3v) is 3.36. The first kappa shape index (κ1) is 12.9. The maximum atomic E-state index is 11.4. The normalized spacial score (nSPS) is 23.4. The molecule has 0 N–H and O–H groups in total. The summed E-state index contributed by atoms with van der Waals surface area (Å²) in [4.78, 5) is 15.7. The van der Waals surface area contributed by atoms with Crippen molar-refractivity contribution < 1.29 is 14.3 Å². The minimum atomic E-state index is -0.0952. The number of pyridine rings is 1. The van der Waals surface area contributed by atoms with Gasteiger partial charge in [0.05, 0.1) is 13.0 Å². The highest BCUT2D eigenvalue weighted by Crippen LogP contribution is 2.27. The molecule has 4 heteroatoms. The zero-order chi connectivity index (χ0) is 13.0. The third-order valence-electron chi connectivity index (χ3n) is 3.36. The molecule has 4 nitrogen and oxygen atoms in total. The molecule has 1 fully saturated rings. The number of hydrogen-bond acceptors (Lipinski definition) is 4. The van der Waals surface area contributed by atoms with Crippen molar-refractivity contribution in [1.82, 2.24) is 4.98 Å². The quantitative estimate of drug-likeness (QED) is 0.772. The van der Waals surface area contributed by atoms with Crippen LogP contribution in [-0.4, -0.2) is 24.2 Å². The highest BCUT2D eigenvalue weighted by Gasteiger charge is 2.27. The molecule has 1 aliphatic carbocycles. The van der Waals surface area contributed by atoms with E-state index >= 15 is 0 Å². The van der Waals surface area contributed by atoms with Crippen LogP contribution in [0.5, 0.6) is 5.88 Å². The average Bonchev–Trinajstić information content (AvgIpc) is 2.39. The molecule has 0 atom stereocenters. The van der Waals surface area contributed by atoms with E-state index in [1.165, 1.54) is 7.11 Å². The molecule has 0 aromatic carbocycles. The Morgan fingerprint density at radius 1 is 1.28 bits per heavy atom. The Kier molecular flexibility index (Phi) is 4.18. The minimum Gasteiger partial charge on any atom is -0.474 e. The number of hydrogen-bond donors (Lipinski definition) is 0. The van der Waals surface area contributed by atoms with Gasteiger partial charge in [0.25, 0.3) is 0 Å². The van der Waals surface area contributed by atoms with Crippen molar-refractivity contribution in [3.63, 3.8) is 0 Å². The van der Waals surface area contributed by atoms with Crippen molar-refractivity contribution in [3.05, 3.63) is 23.9 Å². The molecule has 0 bridgehead atoms. The summed E-state index contributed by atoms with van der Waals surface area (Å²) in [7, 11) is 1.45. The standard InChI is InChI=1S/C14H19NO3/c1-10-4-3-5-13(15-10)18-12-8-6-11(7-9-12)14(16)17-2/h3-5,11-12H,6-9H2,1-2H3. The molecule has 0 spiro atoms. The van der Waals surface area contributed by atoms with Gasteiger partial charge in [0.1, 0.15) is 6.10 Å². The maximum absolute atomic E-state index is 11.4. The number of carbonyl (C=O) groups excluding carboxylic acids is 1. The van der Waals surface area contributed by atoms with Crippen molar-refractivity contribution in [3.8, 4) is 5.88 Å². The summed E-state index contributed by atoms with van der Waals surface area (Å²) in [6, 6.07) is 5.76. The van der Waals surface area contributed by atoms with E-state index in [2.05, 4.69) is 4.98 Å². The predicted octanol–water partition coefficient (Wildman–Crippen LogP) is 2.50. The zero-order valence-corrected chi connectivity index (χ0v) is 10.9. The lowest BCUT2D eigenvalue weighted by Gasteiger charge is -2.27. The number of carbonyl (C=O) groups is 1. The van der Waals surface area contributed by atoms with Gasteiger partial charge in [-0.1, -0.05) is 6.07 Å². The second kappa shape index (κ2) is 5.85. The monoisotopic (exact) mass is 249 g/mol. The molecule has 1 aliphatic rings. The summed E-state index contributed by atoms with van der Waals surface area (Å²) < 4.78 is 10.6. The number of methoxy groups -OCH3 is 1. The van der Waals surface area contributed by atoms with Crippen molar-refractivity contribution in [2.75, 3.05) is 7.11 Å². The third kappa shape index (κ3) is 3.22. The molecule has 18 heavy (non-hydrogen) atoms. The summed E-state index contributed by atoms with van der Waals surface area (Å²) in [6.07, 6.45) is 3.61. The average molecular weight is 249 g/mol. The van der Waals surface area contributed by atoms with Crippen molar-refractivity contribution in [1.29, 1.82) is 0 Å². The molecule has 0 amide bonds. The van der Waals surface area contributed by atoms with Gasteiger partial charge in [0, 0.05) is 11.8 Å². The van der Waals surface area contributed by atoms with Crippen LogP contribution in [0.1, 0.15) is 31.4 Å². The summed E-state index contributed by atoms with van der Waals surface area (Å²) in [6.45, 7) is 1.95. The Hall–Kier alpha value is -1.58. The van der Waals surface area contributed by atoms with Crippen LogP contribution < -0.4 is 4.74 Å². The van der Waals surface area contributed by atoms with E-state index < -0.39 is 0 Å². The summed E-state index contributed by atoms with van der Waals surface area (Å²) in [5, 5.41) is 0. The number of rotatable bonds is 3. The number of ether oxygens (including phenoxy) is 2. The summed E-state index contributed by atoms with van der Waals surface area (Å²) >= 11 is 0. The molecule has 0 radical (unpaired) electrons. The van der Waals surface area contributed by atoms with E-state index in [4.69, 9.17) is 9.47 Å². The predicted molar refractivity (Wildman–Crippen MR) is 67.4 cm³/mol. The van der Waals surface area contributed by atoms with Gasteiger partial charge in [-0.25, -0.2) is 4.98 Å². The smallest absolute Gasteiger partial charge is 0.308 e. The lowest BCUT2D eigenvalue weighted by Crippen LogP contribution is -2.28. The zero-order valence-electron chi connectivity index (χ0n) is 10.9. The molecule has 1 heterocycles. The van der Waals surface area contributed by atoms with Gasteiger partial charge in [0.15, 0.2) is 0 Å². The molecule has 1 saturated carbocycles. The molecular formula is C14H19NO3. The molecule has 98 valence electrons. The second-order valence-electron chi connectivity index (χ2n) is 4.73. The molecule has 1 aromatic rings. The van der Waals surface area contributed by atoms with Crippen LogP contribution in [0.2, 0.25) is 0 Å². The van der Waals surface area contributed by atoms with Crippen LogP contribution >= 0.6 is 0 Å². The number of aryl methyl sites for hydroxylation is 1. The van der Waals surface area contributed by atoms with Crippen LogP contribution in [0.25, 0.3) is 0 Å². The topological polar surface area (TPSA) is 48.4 Å². The van der Waals surface area contributed by atoms with E-state index in [9.17, 15) is 4.79 Å². The van der Waals surface area contributed by atoms with Crippen molar-refractivity contribution in [2.24, 2.45) is 5.92 Å². The number of esters is 1. The first-order chi connectivity index (χ1) is 8.69. The second-order valence-corrected chi connectivity index (χ2v) is 4.73. The molecule has 2 rings (SSSR count). The summed E-state index contributed by atoms with van der Waals surface area (Å²) in [5.41, 5.74) is 0.954. The van der Waals surface area contributed by atoms with Crippen molar-refractivity contribution >= 4 is 5.97 Å². The maximum Gasteiger partial charge on any atom is 0.308 e. The Labute approximate surface area is 107 Å². The first-order valence-corrected chi connectivity index (χ1v) is 6.37. The first-order valence-electron chi connectivity index (χ1n) is 6.37. The number of nitrogens with zero attached hydrogens (tertiary/aromatic N) is 1. The Balaban J connectivity index is 1.85. The van der Waals surface area contributed by atoms with Gasteiger partial charge in [-0.2, -0.15) is 0 Å². The van der Waals surface area contributed by atoms with Crippen LogP contribution in [-0.2, 0) is 9.53 Å². The van der Waals surface area contributed by atoms with Gasteiger partial charge in [0.2, 0.25) is 5.88 Å². The van der Waals surface area contributed by atoms with E-state index in [-0.39, 0.29) is 18.0 Å². The highest BCUT2D eigenvalue weighted by molar-refractivity contribution is 5.72.